The molecule has 0 aliphatic carbocycles. The molecular formula is C18H28N2O3S. The lowest BCUT2D eigenvalue weighted by molar-refractivity contribution is -0.129. The zero-order valence-corrected chi connectivity index (χ0v) is 16.0. The van der Waals surface area contributed by atoms with Gasteiger partial charge in [0.25, 0.3) is 0 Å². The number of piperidine rings is 1. The molecule has 5 nitrogen and oxygen atoms in total. The van der Waals surface area contributed by atoms with Crippen molar-refractivity contribution >= 4 is 15.9 Å². The van der Waals surface area contributed by atoms with Gasteiger partial charge in [-0.15, -0.1) is 0 Å². The molecule has 1 amide bonds. The summed E-state index contributed by atoms with van der Waals surface area (Å²) in [6.45, 7) is 10.3. The third-order valence-electron chi connectivity index (χ3n) is 4.42. The van der Waals surface area contributed by atoms with Crippen LogP contribution in [-0.2, 0) is 14.8 Å². The maximum absolute atomic E-state index is 12.8. The molecule has 1 aliphatic rings. The molecular weight excluding hydrogens is 324 g/mol. The number of hydrogen-bond donors (Lipinski definition) is 1. The van der Waals surface area contributed by atoms with Crippen LogP contribution in [0.4, 0.5) is 0 Å². The molecule has 0 unspecified atom stereocenters. The molecule has 0 bridgehead atoms. The largest absolute Gasteiger partial charge is 0.353 e. The Balaban J connectivity index is 2.05. The minimum absolute atomic E-state index is 0.0122. The molecule has 0 radical (unpaired) electrons. The number of carbonyl (C=O) groups excluding carboxylic acids is 1. The number of hydrogen-bond acceptors (Lipinski definition) is 3. The second kappa shape index (κ2) is 6.84. The fourth-order valence-electron chi connectivity index (χ4n) is 2.87. The van der Waals surface area contributed by atoms with Gasteiger partial charge in [-0.25, -0.2) is 8.42 Å². The second-order valence-electron chi connectivity index (χ2n) is 7.67. The molecule has 1 aromatic rings. The zero-order valence-electron chi connectivity index (χ0n) is 15.2. The molecule has 1 aliphatic heterocycles. The van der Waals surface area contributed by atoms with Crippen LogP contribution in [-0.4, -0.2) is 37.8 Å². The molecule has 0 aromatic heterocycles. The predicted octanol–water partition coefficient (Wildman–Crippen LogP) is 2.62. The lowest BCUT2D eigenvalue weighted by Gasteiger charge is -2.33. The van der Waals surface area contributed by atoms with Crippen molar-refractivity contribution < 1.29 is 13.2 Å². The van der Waals surface area contributed by atoms with E-state index >= 15 is 0 Å². The molecule has 1 aromatic carbocycles. The SMILES string of the molecule is Cc1ccc(S(=O)(=O)N2CCC(NC(=O)C(C)(C)C)CC2)c(C)c1. The van der Waals surface area contributed by atoms with Crippen molar-refractivity contribution in [2.24, 2.45) is 5.41 Å². The first-order valence-electron chi connectivity index (χ1n) is 8.40. The van der Waals surface area contributed by atoms with Gasteiger partial charge in [0.15, 0.2) is 0 Å². The van der Waals surface area contributed by atoms with Crippen molar-refractivity contribution in [1.29, 1.82) is 0 Å². The van der Waals surface area contributed by atoms with Crippen LogP contribution in [0.15, 0.2) is 23.1 Å². The summed E-state index contributed by atoms with van der Waals surface area (Å²) >= 11 is 0. The maximum atomic E-state index is 12.8. The highest BCUT2D eigenvalue weighted by Crippen LogP contribution is 2.24. The van der Waals surface area contributed by atoms with E-state index in [0.717, 1.165) is 11.1 Å². The number of amides is 1. The number of sulfonamides is 1. The first-order chi connectivity index (χ1) is 11.0. The Morgan fingerprint density at radius 2 is 1.75 bits per heavy atom. The van der Waals surface area contributed by atoms with Gasteiger partial charge in [-0.05, 0) is 38.3 Å². The van der Waals surface area contributed by atoms with E-state index in [-0.39, 0.29) is 11.9 Å². The third kappa shape index (κ3) is 4.16. The molecule has 24 heavy (non-hydrogen) atoms. The van der Waals surface area contributed by atoms with Crippen LogP contribution >= 0.6 is 0 Å². The minimum Gasteiger partial charge on any atom is -0.353 e. The summed E-state index contributed by atoms with van der Waals surface area (Å²) in [6.07, 6.45) is 1.29. The van der Waals surface area contributed by atoms with Crippen LogP contribution in [0, 0.1) is 19.3 Å². The Hall–Kier alpha value is -1.40. The average Bonchev–Trinajstić information content (AvgIpc) is 2.46. The van der Waals surface area contributed by atoms with Crippen molar-refractivity contribution in [3.63, 3.8) is 0 Å². The van der Waals surface area contributed by atoms with E-state index < -0.39 is 15.4 Å². The van der Waals surface area contributed by atoms with Crippen molar-refractivity contribution in [3.8, 4) is 0 Å². The van der Waals surface area contributed by atoms with Crippen LogP contribution in [0.5, 0.6) is 0 Å². The highest BCUT2D eigenvalue weighted by Gasteiger charge is 2.32. The molecule has 0 atom stereocenters. The molecule has 1 saturated heterocycles. The van der Waals surface area contributed by atoms with E-state index in [1.807, 2.05) is 46.8 Å². The van der Waals surface area contributed by atoms with Gasteiger partial charge in [0.1, 0.15) is 0 Å². The predicted molar refractivity (Wildman–Crippen MR) is 95.3 cm³/mol. The van der Waals surface area contributed by atoms with E-state index in [1.54, 1.807) is 6.07 Å². The zero-order chi connectivity index (χ0) is 18.1. The van der Waals surface area contributed by atoms with Gasteiger partial charge in [0.05, 0.1) is 4.90 Å². The summed E-state index contributed by atoms with van der Waals surface area (Å²) in [4.78, 5) is 12.4. The van der Waals surface area contributed by atoms with Crippen molar-refractivity contribution in [3.05, 3.63) is 29.3 Å². The first kappa shape index (κ1) is 18.9. The van der Waals surface area contributed by atoms with E-state index in [1.165, 1.54) is 4.31 Å². The van der Waals surface area contributed by atoms with Gasteiger partial charge >= 0.3 is 0 Å². The number of nitrogens with one attached hydrogen (secondary N) is 1. The lowest BCUT2D eigenvalue weighted by Crippen LogP contribution is -2.48. The van der Waals surface area contributed by atoms with E-state index in [2.05, 4.69) is 5.32 Å². The number of rotatable bonds is 3. The van der Waals surface area contributed by atoms with Gasteiger partial charge in [0, 0.05) is 24.5 Å². The fourth-order valence-corrected chi connectivity index (χ4v) is 4.55. The lowest BCUT2D eigenvalue weighted by atomic mass is 9.94. The molecule has 1 heterocycles. The normalized spacial score (nSPS) is 17.7. The number of benzene rings is 1. The number of carbonyl (C=O) groups is 1. The van der Waals surface area contributed by atoms with E-state index in [9.17, 15) is 13.2 Å². The summed E-state index contributed by atoms with van der Waals surface area (Å²) in [5, 5.41) is 3.03. The number of nitrogens with zero attached hydrogens (tertiary/aromatic N) is 1. The van der Waals surface area contributed by atoms with Crippen molar-refractivity contribution in [2.45, 2.75) is 58.4 Å². The van der Waals surface area contributed by atoms with Crippen LogP contribution in [0.3, 0.4) is 0 Å². The van der Waals surface area contributed by atoms with Crippen LogP contribution in [0.1, 0.15) is 44.7 Å². The Labute approximate surface area is 145 Å². The Morgan fingerprint density at radius 3 is 2.25 bits per heavy atom. The Bertz CT molecular complexity index is 712. The molecule has 1 fully saturated rings. The molecule has 0 spiro atoms. The summed E-state index contributed by atoms with van der Waals surface area (Å²) in [6, 6.07) is 5.45. The molecule has 0 saturated carbocycles. The number of aryl methyl sites for hydroxylation is 2. The third-order valence-corrected chi connectivity index (χ3v) is 6.48. The first-order valence-corrected chi connectivity index (χ1v) is 9.84. The fraction of sp³-hybridized carbons (Fsp3) is 0.611. The highest BCUT2D eigenvalue weighted by atomic mass is 32.2. The van der Waals surface area contributed by atoms with E-state index in [4.69, 9.17) is 0 Å². The van der Waals surface area contributed by atoms with Gasteiger partial charge < -0.3 is 5.32 Å². The highest BCUT2D eigenvalue weighted by molar-refractivity contribution is 7.89. The van der Waals surface area contributed by atoms with E-state index in [0.29, 0.717) is 30.8 Å². The smallest absolute Gasteiger partial charge is 0.243 e. The summed E-state index contributed by atoms with van der Waals surface area (Å²) in [7, 11) is -3.47. The minimum atomic E-state index is -3.47. The van der Waals surface area contributed by atoms with Gasteiger partial charge in [-0.3, -0.25) is 4.79 Å². The van der Waals surface area contributed by atoms with Crippen LogP contribution in [0.2, 0.25) is 0 Å². The summed E-state index contributed by atoms with van der Waals surface area (Å²) in [5.41, 5.74) is 1.40. The Kier molecular flexibility index (Phi) is 5.40. The topological polar surface area (TPSA) is 66.5 Å². The molecule has 2 rings (SSSR count). The monoisotopic (exact) mass is 352 g/mol. The van der Waals surface area contributed by atoms with Gasteiger partial charge in [0.2, 0.25) is 15.9 Å². The van der Waals surface area contributed by atoms with Crippen LogP contribution < -0.4 is 5.32 Å². The van der Waals surface area contributed by atoms with Crippen LogP contribution in [0.25, 0.3) is 0 Å². The standard InChI is InChI=1S/C18H28N2O3S/c1-13-6-7-16(14(2)12-13)24(22,23)20-10-8-15(9-11-20)19-17(21)18(3,4)5/h6-7,12,15H,8-11H2,1-5H3,(H,19,21). The Morgan fingerprint density at radius 1 is 1.17 bits per heavy atom. The van der Waals surface area contributed by atoms with Gasteiger partial charge in [-0.1, -0.05) is 38.5 Å². The quantitative estimate of drug-likeness (QED) is 0.909. The molecule has 1 N–H and O–H groups in total. The summed E-state index contributed by atoms with van der Waals surface area (Å²) < 4.78 is 27.2. The van der Waals surface area contributed by atoms with Crippen molar-refractivity contribution in [2.75, 3.05) is 13.1 Å². The summed E-state index contributed by atoms with van der Waals surface area (Å²) in [5.74, 6) is 0.0122. The van der Waals surface area contributed by atoms with Crippen molar-refractivity contribution in [1.82, 2.24) is 9.62 Å². The van der Waals surface area contributed by atoms with Gasteiger partial charge in [-0.2, -0.15) is 4.31 Å². The second-order valence-corrected chi connectivity index (χ2v) is 9.58. The average molecular weight is 353 g/mol. The molecule has 134 valence electrons. The maximum Gasteiger partial charge on any atom is 0.243 e. The molecule has 6 heteroatoms.